The van der Waals surface area contributed by atoms with Crippen LogP contribution in [0.1, 0.15) is 62.6 Å². The first-order chi connectivity index (χ1) is 11.8. The first kappa shape index (κ1) is 16.5. The molecule has 0 unspecified atom stereocenters. The number of carbonyl (C=O) groups excluding carboxylic acids is 1. The first-order valence-electron chi connectivity index (χ1n) is 8.73. The minimum atomic E-state index is -0.321. The van der Waals surface area contributed by atoms with Gasteiger partial charge in [-0.2, -0.15) is 4.80 Å². The van der Waals surface area contributed by atoms with Gasteiger partial charge in [0, 0.05) is 12.0 Å². The lowest BCUT2D eigenvalue weighted by Crippen LogP contribution is -2.36. The zero-order valence-corrected chi connectivity index (χ0v) is 15.5. The third-order valence-corrected chi connectivity index (χ3v) is 5.60. The number of amides is 1. The van der Waals surface area contributed by atoms with Crippen molar-refractivity contribution >= 4 is 23.2 Å². The normalized spacial score (nSPS) is 18.8. The number of anilines is 1. The van der Waals surface area contributed by atoms with Gasteiger partial charge in [0.1, 0.15) is 0 Å². The van der Waals surface area contributed by atoms with Crippen LogP contribution < -0.4 is 4.90 Å². The van der Waals surface area contributed by atoms with Gasteiger partial charge < -0.3 is 4.90 Å². The van der Waals surface area contributed by atoms with E-state index in [1.165, 1.54) is 23.2 Å². The predicted molar refractivity (Wildman–Crippen MR) is 96.1 cm³/mol. The molecule has 2 heterocycles. The minimum Gasteiger partial charge on any atom is -0.303 e. The Morgan fingerprint density at radius 3 is 2.60 bits per heavy atom. The Kier molecular flexibility index (Phi) is 3.65. The van der Waals surface area contributed by atoms with Crippen LogP contribution in [0.4, 0.5) is 5.69 Å². The molecule has 7 heteroatoms. The molecule has 0 N–H and O–H groups in total. The molecule has 0 atom stereocenters. The quantitative estimate of drug-likeness (QED) is 0.781. The van der Waals surface area contributed by atoms with E-state index in [9.17, 15) is 4.79 Å². The fourth-order valence-corrected chi connectivity index (χ4v) is 4.32. The van der Waals surface area contributed by atoms with E-state index in [2.05, 4.69) is 21.5 Å². The molecule has 4 rings (SSSR count). The highest BCUT2D eigenvalue weighted by molar-refractivity contribution is 6.34. The second-order valence-electron chi connectivity index (χ2n) is 8.09. The Hall–Kier alpha value is -1.95. The van der Waals surface area contributed by atoms with Crippen LogP contribution in [0.2, 0.25) is 5.02 Å². The third-order valence-electron chi connectivity index (χ3n) is 5.30. The molecule has 2 aromatic rings. The molecule has 0 bridgehead atoms. The number of carbonyl (C=O) groups is 1. The Morgan fingerprint density at radius 1 is 1.24 bits per heavy atom. The minimum absolute atomic E-state index is 0.0237. The Morgan fingerprint density at radius 2 is 1.96 bits per heavy atom. The summed E-state index contributed by atoms with van der Waals surface area (Å²) in [4.78, 5) is 16.4. The molecule has 1 saturated carbocycles. The van der Waals surface area contributed by atoms with E-state index in [-0.39, 0.29) is 22.7 Å². The van der Waals surface area contributed by atoms with Gasteiger partial charge in [-0.15, -0.1) is 10.2 Å². The molecule has 1 fully saturated rings. The van der Waals surface area contributed by atoms with Gasteiger partial charge in [-0.1, -0.05) is 36.6 Å². The fourth-order valence-electron chi connectivity index (χ4n) is 4.04. The lowest BCUT2D eigenvalue weighted by Gasteiger charge is -2.24. The molecule has 1 spiro atoms. The summed E-state index contributed by atoms with van der Waals surface area (Å²) >= 11 is 6.48. The number of aromatic nitrogens is 4. The van der Waals surface area contributed by atoms with Crippen LogP contribution >= 0.6 is 11.6 Å². The van der Waals surface area contributed by atoms with Crippen LogP contribution in [0.5, 0.6) is 0 Å². The van der Waals surface area contributed by atoms with Crippen LogP contribution in [0.25, 0.3) is 0 Å². The van der Waals surface area contributed by atoms with Crippen LogP contribution in [-0.2, 0) is 11.0 Å². The number of tetrazole rings is 1. The number of halogens is 1. The summed E-state index contributed by atoms with van der Waals surface area (Å²) in [6.45, 7) is 6.56. The zero-order valence-electron chi connectivity index (χ0n) is 14.8. The molecule has 1 aliphatic heterocycles. The summed E-state index contributed by atoms with van der Waals surface area (Å²) in [6, 6.07) is 5.93. The molecule has 1 aromatic carbocycles. The van der Waals surface area contributed by atoms with Crippen molar-refractivity contribution in [1.82, 2.24) is 20.2 Å². The third kappa shape index (κ3) is 2.54. The second kappa shape index (κ2) is 5.53. The van der Waals surface area contributed by atoms with E-state index in [1.807, 2.05) is 32.9 Å². The van der Waals surface area contributed by atoms with Gasteiger partial charge in [0.2, 0.25) is 0 Å². The van der Waals surface area contributed by atoms with Gasteiger partial charge in [-0.3, -0.25) is 4.79 Å². The molecule has 1 amide bonds. The first-order valence-corrected chi connectivity index (χ1v) is 9.11. The smallest absolute Gasteiger partial charge is 0.299 e. The monoisotopic (exact) mass is 359 g/mol. The number of benzene rings is 1. The molecule has 0 saturated heterocycles. The summed E-state index contributed by atoms with van der Waals surface area (Å²) in [5.74, 6) is -0.107. The Balaban J connectivity index is 1.74. The molecule has 0 radical (unpaired) electrons. The van der Waals surface area contributed by atoms with E-state index in [4.69, 9.17) is 11.6 Å². The second-order valence-corrected chi connectivity index (χ2v) is 8.50. The van der Waals surface area contributed by atoms with Crippen molar-refractivity contribution in [1.29, 1.82) is 0 Å². The van der Waals surface area contributed by atoms with Crippen molar-refractivity contribution in [2.45, 2.75) is 57.4 Å². The summed E-state index contributed by atoms with van der Waals surface area (Å²) in [5, 5.41) is 12.9. The summed E-state index contributed by atoms with van der Waals surface area (Å²) in [6.07, 6.45) is 4.55. The topological polar surface area (TPSA) is 63.9 Å². The van der Waals surface area contributed by atoms with Crippen LogP contribution in [0.15, 0.2) is 18.2 Å². The van der Waals surface area contributed by atoms with Gasteiger partial charge in [0.05, 0.1) is 16.2 Å². The van der Waals surface area contributed by atoms with Crippen molar-refractivity contribution in [2.75, 3.05) is 11.4 Å². The average Bonchev–Trinajstić information content (AvgIpc) is 3.27. The maximum atomic E-state index is 13.1. The molecule has 2 aliphatic rings. The molecule has 25 heavy (non-hydrogen) atoms. The molecule has 1 aliphatic carbocycles. The van der Waals surface area contributed by atoms with E-state index < -0.39 is 0 Å². The molecule has 6 nitrogen and oxygen atoms in total. The molecule has 1 aromatic heterocycles. The van der Waals surface area contributed by atoms with E-state index >= 15 is 0 Å². The van der Waals surface area contributed by atoms with Gasteiger partial charge in [0.15, 0.2) is 0 Å². The van der Waals surface area contributed by atoms with E-state index in [0.717, 1.165) is 18.5 Å². The maximum Gasteiger partial charge on any atom is 0.299 e. The van der Waals surface area contributed by atoms with Gasteiger partial charge in [0.25, 0.3) is 11.7 Å². The number of fused-ring (bicyclic) bond motifs is 2. The highest BCUT2D eigenvalue weighted by Crippen LogP contribution is 2.52. The average molecular weight is 360 g/mol. The van der Waals surface area contributed by atoms with Crippen LogP contribution in [-0.4, -0.2) is 32.7 Å². The maximum absolute atomic E-state index is 13.1. The van der Waals surface area contributed by atoms with E-state index in [1.54, 1.807) is 4.90 Å². The number of hydrogen-bond acceptors (Lipinski definition) is 4. The number of para-hydroxylation sites is 1. The highest BCUT2D eigenvalue weighted by Gasteiger charge is 2.47. The van der Waals surface area contributed by atoms with Gasteiger partial charge >= 0.3 is 0 Å². The van der Waals surface area contributed by atoms with Crippen molar-refractivity contribution in [3.05, 3.63) is 34.6 Å². The SMILES string of the molecule is CC(C)(C)n1nnc(C(=O)N2CC3(CCCC3)c3cccc(Cl)c32)n1. The lowest BCUT2D eigenvalue weighted by molar-refractivity contribution is 0.0974. The largest absolute Gasteiger partial charge is 0.303 e. The standard InChI is InChI=1S/C18H22ClN5O/c1-17(2,3)24-21-15(20-22-24)16(25)23-11-18(9-4-5-10-18)12-7-6-8-13(19)14(12)23/h6-8H,4-5,9-11H2,1-3H3. The van der Waals surface area contributed by atoms with Crippen molar-refractivity contribution in [3.63, 3.8) is 0 Å². The van der Waals surface area contributed by atoms with Crippen LogP contribution in [0, 0.1) is 0 Å². The summed E-state index contributed by atoms with van der Waals surface area (Å²) in [5.41, 5.74) is 1.71. The number of hydrogen-bond donors (Lipinski definition) is 0. The van der Waals surface area contributed by atoms with Crippen molar-refractivity contribution in [3.8, 4) is 0 Å². The van der Waals surface area contributed by atoms with Crippen LogP contribution in [0.3, 0.4) is 0 Å². The molecule has 132 valence electrons. The molecular formula is C18H22ClN5O. The lowest BCUT2D eigenvalue weighted by atomic mass is 9.81. The van der Waals surface area contributed by atoms with Crippen molar-refractivity contribution in [2.24, 2.45) is 0 Å². The molecular weight excluding hydrogens is 338 g/mol. The summed E-state index contributed by atoms with van der Waals surface area (Å²) in [7, 11) is 0. The highest BCUT2D eigenvalue weighted by atomic mass is 35.5. The Bertz CT molecular complexity index is 832. The zero-order chi connectivity index (χ0) is 17.8. The number of nitrogens with zero attached hydrogens (tertiary/aromatic N) is 5. The fraction of sp³-hybridized carbons (Fsp3) is 0.556. The summed E-state index contributed by atoms with van der Waals surface area (Å²) < 4.78 is 0. The predicted octanol–water partition coefficient (Wildman–Crippen LogP) is 3.55. The Labute approximate surface area is 152 Å². The van der Waals surface area contributed by atoms with Crippen molar-refractivity contribution < 1.29 is 4.79 Å². The van der Waals surface area contributed by atoms with Gasteiger partial charge in [-0.05, 0) is 50.5 Å². The van der Waals surface area contributed by atoms with E-state index in [0.29, 0.717) is 11.6 Å². The number of rotatable bonds is 1. The van der Waals surface area contributed by atoms with Gasteiger partial charge in [-0.25, -0.2) is 0 Å².